The molecular weight excluding hydrogens is 459 g/mol. The number of aryl methyl sites for hydroxylation is 1. The number of benzene rings is 2. The summed E-state index contributed by atoms with van der Waals surface area (Å²) >= 11 is 0. The van der Waals surface area contributed by atoms with E-state index in [1.807, 2.05) is 38.1 Å². The van der Waals surface area contributed by atoms with Gasteiger partial charge in [0.25, 0.3) is 0 Å². The number of halogens is 1. The molecule has 34 heavy (non-hydrogen) atoms. The SMILES string of the molecule is CCCNC(=O)C(C)N(Cc1cccc(C)c1)C(=O)CN(c1ccccc1F)S(=O)(=O)N(C)C. The maximum absolute atomic E-state index is 14.6. The molecule has 0 aliphatic carbocycles. The molecule has 2 aromatic rings. The van der Waals surface area contributed by atoms with E-state index in [1.54, 1.807) is 6.92 Å². The lowest BCUT2D eigenvalue weighted by Gasteiger charge is -2.33. The first-order valence-corrected chi connectivity index (χ1v) is 12.5. The summed E-state index contributed by atoms with van der Waals surface area (Å²) in [5.74, 6) is -1.76. The van der Waals surface area contributed by atoms with Crippen LogP contribution < -0.4 is 9.62 Å². The number of hydrogen-bond acceptors (Lipinski definition) is 4. The Kier molecular flexibility index (Phi) is 9.57. The van der Waals surface area contributed by atoms with Crippen LogP contribution in [0.4, 0.5) is 10.1 Å². The number of rotatable bonds is 11. The van der Waals surface area contributed by atoms with Gasteiger partial charge in [0, 0.05) is 27.2 Å². The Morgan fingerprint density at radius 3 is 2.35 bits per heavy atom. The summed E-state index contributed by atoms with van der Waals surface area (Å²) in [6.45, 7) is 5.29. The van der Waals surface area contributed by atoms with E-state index in [1.165, 1.54) is 37.2 Å². The molecule has 2 amide bonds. The quantitative estimate of drug-likeness (QED) is 0.522. The molecule has 0 fully saturated rings. The van der Waals surface area contributed by atoms with Crippen molar-refractivity contribution in [1.29, 1.82) is 0 Å². The minimum absolute atomic E-state index is 0.0916. The topological polar surface area (TPSA) is 90.0 Å². The Morgan fingerprint density at radius 2 is 1.76 bits per heavy atom. The third kappa shape index (κ3) is 6.77. The van der Waals surface area contributed by atoms with Crippen molar-refractivity contribution in [2.75, 3.05) is 31.5 Å². The lowest BCUT2D eigenvalue weighted by Crippen LogP contribution is -2.52. The molecule has 0 heterocycles. The summed E-state index contributed by atoms with van der Waals surface area (Å²) in [4.78, 5) is 27.5. The highest BCUT2D eigenvalue weighted by Crippen LogP contribution is 2.24. The van der Waals surface area contributed by atoms with E-state index in [9.17, 15) is 22.4 Å². The van der Waals surface area contributed by atoms with Gasteiger partial charge in [-0.2, -0.15) is 12.7 Å². The monoisotopic (exact) mass is 492 g/mol. The van der Waals surface area contributed by atoms with Gasteiger partial charge in [-0.15, -0.1) is 0 Å². The molecule has 1 atom stereocenters. The number of carbonyl (C=O) groups is 2. The van der Waals surface area contributed by atoms with Crippen LogP contribution in [0.5, 0.6) is 0 Å². The van der Waals surface area contributed by atoms with Crippen LogP contribution in [0.15, 0.2) is 48.5 Å². The van der Waals surface area contributed by atoms with E-state index in [0.29, 0.717) is 6.54 Å². The van der Waals surface area contributed by atoms with Crippen LogP contribution in [0, 0.1) is 12.7 Å². The number of amides is 2. The highest BCUT2D eigenvalue weighted by molar-refractivity contribution is 7.90. The number of hydrogen-bond donors (Lipinski definition) is 1. The number of anilines is 1. The minimum atomic E-state index is -4.20. The predicted molar refractivity (Wildman–Crippen MR) is 131 cm³/mol. The predicted octanol–water partition coefficient (Wildman–Crippen LogP) is 2.69. The van der Waals surface area contributed by atoms with Crippen molar-refractivity contribution in [2.45, 2.75) is 39.8 Å². The summed E-state index contributed by atoms with van der Waals surface area (Å²) in [5.41, 5.74) is 1.52. The Balaban J connectivity index is 2.45. The molecule has 0 radical (unpaired) electrons. The van der Waals surface area contributed by atoms with Crippen LogP contribution in [-0.2, 0) is 26.3 Å². The van der Waals surface area contributed by atoms with Gasteiger partial charge < -0.3 is 10.2 Å². The second-order valence-corrected chi connectivity index (χ2v) is 10.3. The molecule has 0 saturated carbocycles. The van der Waals surface area contributed by atoms with Gasteiger partial charge in [-0.3, -0.25) is 9.59 Å². The number of carbonyl (C=O) groups excluding carboxylic acids is 2. The smallest absolute Gasteiger partial charge is 0.304 e. The maximum Gasteiger partial charge on any atom is 0.304 e. The van der Waals surface area contributed by atoms with Crippen molar-refractivity contribution < 1.29 is 22.4 Å². The number of para-hydroxylation sites is 1. The van der Waals surface area contributed by atoms with Gasteiger partial charge in [-0.1, -0.05) is 48.9 Å². The van der Waals surface area contributed by atoms with Crippen LogP contribution in [0.2, 0.25) is 0 Å². The Morgan fingerprint density at radius 1 is 1.09 bits per heavy atom. The molecule has 0 saturated heterocycles. The summed E-state index contributed by atoms with van der Waals surface area (Å²) in [5, 5.41) is 2.77. The molecule has 1 unspecified atom stereocenters. The van der Waals surface area contributed by atoms with Crippen molar-refractivity contribution in [3.05, 3.63) is 65.5 Å². The first-order chi connectivity index (χ1) is 16.0. The molecular formula is C24H33FN4O4S. The summed E-state index contributed by atoms with van der Waals surface area (Å²) in [7, 11) is -1.60. The lowest BCUT2D eigenvalue weighted by atomic mass is 10.1. The zero-order valence-electron chi connectivity index (χ0n) is 20.3. The summed E-state index contributed by atoms with van der Waals surface area (Å²) < 4.78 is 42.3. The van der Waals surface area contributed by atoms with Crippen molar-refractivity contribution in [3.8, 4) is 0 Å². The van der Waals surface area contributed by atoms with Crippen molar-refractivity contribution in [1.82, 2.24) is 14.5 Å². The van der Waals surface area contributed by atoms with Gasteiger partial charge in [0.15, 0.2) is 0 Å². The van der Waals surface area contributed by atoms with Gasteiger partial charge in [0.05, 0.1) is 5.69 Å². The molecule has 2 rings (SSSR count). The van der Waals surface area contributed by atoms with Crippen LogP contribution in [-0.4, -0.2) is 62.7 Å². The highest BCUT2D eigenvalue weighted by Gasteiger charge is 2.33. The highest BCUT2D eigenvalue weighted by atomic mass is 32.2. The van der Waals surface area contributed by atoms with Crippen LogP contribution in [0.3, 0.4) is 0 Å². The third-order valence-electron chi connectivity index (χ3n) is 5.29. The molecule has 8 nitrogen and oxygen atoms in total. The van der Waals surface area contributed by atoms with E-state index < -0.39 is 34.5 Å². The Bertz CT molecular complexity index is 1110. The van der Waals surface area contributed by atoms with Gasteiger partial charge in [0.2, 0.25) is 11.8 Å². The molecule has 1 N–H and O–H groups in total. The van der Waals surface area contributed by atoms with Gasteiger partial charge >= 0.3 is 10.2 Å². The molecule has 186 valence electrons. The zero-order valence-corrected chi connectivity index (χ0v) is 21.1. The van der Waals surface area contributed by atoms with E-state index in [4.69, 9.17) is 0 Å². The third-order valence-corrected chi connectivity index (χ3v) is 7.10. The van der Waals surface area contributed by atoms with Crippen LogP contribution in [0.25, 0.3) is 0 Å². The molecule has 0 aliphatic rings. The van der Waals surface area contributed by atoms with Crippen molar-refractivity contribution in [3.63, 3.8) is 0 Å². The van der Waals surface area contributed by atoms with Crippen molar-refractivity contribution >= 4 is 27.7 Å². The summed E-state index contributed by atoms with van der Waals surface area (Å²) in [6, 6.07) is 12.0. The second kappa shape index (κ2) is 11.9. The average molecular weight is 493 g/mol. The molecule has 0 aromatic heterocycles. The average Bonchev–Trinajstić information content (AvgIpc) is 2.79. The van der Waals surface area contributed by atoms with Gasteiger partial charge in [-0.25, -0.2) is 8.70 Å². The number of nitrogens with zero attached hydrogens (tertiary/aromatic N) is 3. The van der Waals surface area contributed by atoms with E-state index in [0.717, 1.165) is 32.2 Å². The lowest BCUT2D eigenvalue weighted by molar-refractivity contribution is -0.139. The van der Waals surface area contributed by atoms with Gasteiger partial charge in [0.1, 0.15) is 18.4 Å². The summed E-state index contributed by atoms with van der Waals surface area (Å²) in [6.07, 6.45) is 0.729. The second-order valence-electron chi connectivity index (χ2n) is 8.23. The first kappa shape index (κ1) is 27.3. The van der Waals surface area contributed by atoms with Crippen LogP contribution in [0.1, 0.15) is 31.4 Å². The van der Waals surface area contributed by atoms with E-state index in [-0.39, 0.29) is 18.1 Å². The Labute approximate surface area is 201 Å². The van der Waals surface area contributed by atoms with E-state index >= 15 is 0 Å². The fourth-order valence-electron chi connectivity index (χ4n) is 3.34. The first-order valence-electron chi connectivity index (χ1n) is 11.1. The number of nitrogens with one attached hydrogen (secondary N) is 1. The molecule has 2 aromatic carbocycles. The maximum atomic E-state index is 14.6. The molecule has 0 spiro atoms. The fraction of sp³-hybridized carbons (Fsp3) is 0.417. The van der Waals surface area contributed by atoms with Crippen molar-refractivity contribution in [2.24, 2.45) is 0 Å². The molecule has 0 aliphatic heterocycles. The normalized spacial score (nSPS) is 12.3. The van der Waals surface area contributed by atoms with E-state index in [2.05, 4.69) is 5.32 Å². The van der Waals surface area contributed by atoms with Gasteiger partial charge in [-0.05, 0) is 38.0 Å². The largest absolute Gasteiger partial charge is 0.354 e. The molecule has 10 heteroatoms. The van der Waals surface area contributed by atoms with Crippen LogP contribution >= 0.6 is 0 Å². The fourth-order valence-corrected chi connectivity index (χ4v) is 4.41. The Hall–Kier alpha value is -2.98. The minimum Gasteiger partial charge on any atom is -0.354 e. The molecule has 0 bridgehead atoms. The standard InChI is InChI=1S/C24H33FN4O4S/c1-6-14-26-24(31)19(3)28(16-20-11-9-10-18(2)15-20)23(30)17-29(34(32,33)27(4)5)22-13-8-7-12-21(22)25/h7-13,15,19H,6,14,16-17H2,1-5H3,(H,26,31). The zero-order chi connectivity index (χ0) is 25.5.